The highest BCUT2D eigenvalue weighted by Crippen LogP contribution is 2.50. The number of nitrogens with one attached hydrogen (secondary N) is 1. The van der Waals surface area contributed by atoms with Gasteiger partial charge in [-0.25, -0.2) is 4.90 Å². The molecule has 1 spiro atoms. The van der Waals surface area contributed by atoms with Gasteiger partial charge in [-0.1, -0.05) is 35.9 Å². The molecule has 0 unspecified atom stereocenters. The van der Waals surface area contributed by atoms with E-state index in [4.69, 9.17) is 11.6 Å². The summed E-state index contributed by atoms with van der Waals surface area (Å²) in [5, 5.41) is 24.9. The first-order chi connectivity index (χ1) is 16.8. The number of anilines is 2. The molecule has 3 aliphatic heterocycles. The zero-order chi connectivity index (χ0) is 24.5. The summed E-state index contributed by atoms with van der Waals surface area (Å²) in [5.41, 5.74) is 1.09. The van der Waals surface area contributed by atoms with Crippen molar-refractivity contribution in [2.45, 2.75) is 18.0 Å². The molecule has 3 aromatic carbocycles. The molecule has 9 heteroatoms. The van der Waals surface area contributed by atoms with Gasteiger partial charge < -0.3 is 20.8 Å². The van der Waals surface area contributed by atoms with Crippen molar-refractivity contribution in [3.05, 3.63) is 82.9 Å². The Labute approximate surface area is 205 Å². The fourth-order valence-corrected chi connectivity index (χ4v) is 6.05. The fourth-order valence-electron chi connectivity index (χ4n) is 5.92. The molecule has 5 N–H and O–H groups in total. The number of phenolic OH excluding ortho intramolecular Hbond substituents is 2. The first-order valence-corrected chi connectivity index (χ1v) is 11.6. The molecular formula is C26H21ClN3O5+. The lowest BCUT2D eigenvalue weighted by atomic mass is 9.76. The van der Waals surface area contributed by atoms with E-state index < -0.39 is 29.3 Å². The van der Waals surface area contributed by atoms with Crippen LogP contribution in [0.1, 0.15) is 11.1 Å². The minimum absolute atomic E-state index is 0.247. The second-order valence-electron chi connectivity index (χ2n) is 9.22. The summed E-state index contributed by atoms with van der Waals surface area (Å²) >= 11 is 6.01. The van der Waals surface area contributed by atoms with Crippen molar-refractivity contribution < 1.29 is 29.9 Å². The lowest BCUT2D eigenvalue weighted by Crippen LogP contribution is -2.99. The van der Waals surface area contributed by atoms with E-state index in [0.29, 0.717) is 33.9 Å². The zero-order valence-corrected chi connectivity index (χ0v) is 19.1. The highest BCUT2D eigenvalue weighted by Gasteiger charge is 2.74. The first-order valence-electron chi connectivity index (χ1n) is 11.2. The standard InChI is InChI=1S/C26H20ClN3O5/c27-14-6-8-15(9-7-14)30-23(33)21-18(11-13-5-10-19(31)20(32)12-13)29-26(22(21)24(30)34)16-3-1-2-4-17(16)28-25(26)35/h1-10,12,18,21-22,29,31-32H,11H2,(H,28,35)/p+1/t18-,21+,22-,26+/m0/s1. The van der Waals surface area contributed by atoms with Crippen LogP contribution < -0.4 is 15.5 Å². The van der Waals surface area contributed by atoms with Gasteiger partial charge in [0.1, 0.15) is 17.9 Å². The average molecular weight is 491 g/mol. The van der Waals surface area contributed by atoms with Crippen molar-refractivity contribution in [3.63, 3.8) is 0 Å². The Morgan fingerprint density at radius 3 is 2.43 bits per heavy atom. The van der Waals surface area contributed by atoms with Crippen LogP contribution >= 0.6 is 11.6 Å². The summed E-state index contributed by atoms with van der Waals surface area (Å²) in [7, 11) is 0. The molecule has 0 saturated carbocycles. The number of carbonyl (C=O) groups is 3. The number of fused-ring (bicyclic) bond motifs is 4. The minimum atomic E-state index is -1.29. The lowest BCUT2D eigenvalue weighted by molar-refractivity contribution is -0.733. The third-order valence-electron chi connectivity index (χ3n) is 7.37. The molecule has 3 aliphatic rings. The molecule has 0 aromatic heterocycles. The van der Waals surface area contributed by atoms with Gasteiger partial charge in [0, 0.05) is 17.0 Å². The lowest BCUT2D eigenvalue weighted by Gasteiger charge is -2.26. The van der Waals surface area contributed by atoms with Gasteiger partial charge in [0.2, 0.25) is 17.4 Å². The van der Waals surface area contributed by atoms with Crippen molar-refractivity contribution in [1.29, 1.82) is 0 Å². The molecule has 2 saturated heterocycles. The number of imide groups is 1. The van der Waals surface area contributed by atoms with Crippen LogP contribution in [0.4, 0.5) is 11.4 Å². The Morgan fingerprint density at radius 2 is 1.69 bits per heavy atom. The number of para-hydroxylation sites is 1. The molecule has 8 nitrogen and oxygen atoms in total. The molecule has 3 heterocycles. The van der Waals surface area contributed by atoms with Crippen LogP contribution in [0.25, 0.3) is 0 Å². The van der Waals surface area contributed by atoms with E-state index in [2.05, 4.69) is 5.32 Å². The Bertz CT molecular complexity index is 1410. The molecule has 0 bridgehead atoms. The molecule has 3 amide bonds. The first kappa shape index (κ1) is 21.6. The van der Waals surface area contributed by atoms with E-state index >= 15 is 0 Å². The highest BCUT2D eigenvalue weighted by molar-refractivity contribution is 6.31. The van der Waals surface area contributed by atoms with Gasteiger partial charge in [0.05, 0.1) is 11.4 Å². The largest absolute Gasteiger partial charge is 0.504 e. The smallest absolute Gasteiger partial charge is 0.291 e. The van der Waals surface area contributed by atoms with Crippen LogP contribution in [0.3, 0.4) is 0 Å². The summed E-state index contributed by atoms with van der Waals surface area (Å²) < 4.78 is 0. The summed E-state index contributed by atoms with van der Waals surface area (Å²) in [4.78, 5) is 42.4. The average Bonchev–Trinajstić information content (AvgIpc) is 3.42. The SMILES string of the molecule is O=C1[C@@H]2[C@H](Cc3ccc(O)c(O)c3)[NH2+][C@@]3(C(=O)Nc4ccccc43)[C@@H]2C(=O)N1c1ccc(Cl)cc1. The van der Waals surface area contributed by atoms with E-state index in [1.807, 2.05) is 23.5 Å². The Balaban J connectivity index is 1.48. The number of hydrogen-bond donors (Lipinski definition) is 4. The van der Waals surface area contributed by atoms with Crippen LogP contribution in [-0.4, -0.2) is 34.0 Å². The summed E-state index contributed by atoms with van der Waals surface area (Å²) in [5.74, 6) is -3.34. The van der Waals surface area contributed by atoms with E-state index in [1.54, 1.807) is 36.4 Å². The number of quaternary nitrogens is 1. The molecule has 0 radical (unpaired) electrons. The predicted octanol–water partition coefficient (Wildman–Crippen LogP) is 1.89. The number of carbonyl (C=O) groups excluding carboxylic acids is 3. The maximum atomic E-state index is 13.9. The maximum Gasteiger partial charge on any atom is 0.291 e. The van der Waals surface area contributed by atoms with Gasteiger partial charge in [-0.2, -0.15) is 0 Å². The van der Waals surface area contributed by atoms with Crippen molar-refractivity contribution in [1.82, 2.24) is 0 Å². The normalized spacial score (nSPS) is 26.8. The predicted molar refractivity (Wildman–Crippen MR) is 127 cm³/mol. The molecule has 176 valence electrons. The van der Waals surface area contributed by atoms with Crippen molar-refractivity contribution in [3.8, 4) is 11.5 Å². The molecule has 3 aromatic rings. The zero-order valence-electron chi connectivity index (χ0n) is 18.3. The molecular weight excluding hydrogens is 470 g/mol. The van der Waals surface area contributed by atoms with Crippen molar-refractivity contribution in [2.24, 2.45) is 11.8 Å². The number of halogens is 1. The van der Waals surface area contributed by atoms with Crippen molar-refractivity contribution >= 4 is 40.7 Å². The van der Waals surface area contributed by atoms with E-state index in [9.17, 15) is 24.6 Å². The second-order valence-corrected chi connectivity index (χ2v) is 9.65. The maximum absolute atomic E-state index is 13.9. The van der Waals surface area contributed by atoms with E-state index in [1.165, 1.54) is 12.1 Å². The number of benzene rings is 3. The molecule has 0 aliphatic carbocycles. The van der Waals surface area contributed by atoms with Crippen LogP contribution in [0.5, 0.6) is 11.5 Å². The Morgan fingerprint density at radius 1 is 0.943 bits per heavy atom. The number of nitrogens with two attached hydrogens (primary N) is 1. The number of nitrogens with zero attached hydrogens (tertiary/aromatic N) is 1. The third kappa shape index (κ3) is 3.00. The number of aromatic hydroxyl groups is 2. The molecule has 35 heavy (non-hydrogen) atoms. The van der Waals surface area contributed by atoms with Crippen molar-refractivity contribution in [2.75, 3.05) is 10.2 Å². The molecule has 2 fully saturated rings. The topological polar surface area (TPSA) is 124 Å². The summed E-state index contributed by atoms with van der Waals surface area (Å²) in [6.07, 6.45) is 0.305. The summed E-state index contributed by atoms with van der Waals surface area (Å²) in [6, 6.07) is 17.7. The van der Waals surface area contributed by atoms with Gasteiger partial charge in [-0.05, 0) is 48.0 Å². The Hall–Kier alpha value is -3.88. The number of rotatable bonds is 3. The second kappa shape index (κ2) is 7.56. The van der Waals surface area contributed by atoms with Crippen LogP contribution in [0.15, 0.2) is 66.7 Å². The third-order valence-corrected chi connectivity index (χ3v) is 7.62. The Kier molecular flexibility index (Phi) is 4.67. The minimum Gasteiger partial charge on any atom is -0.504 e. The number of phenols is 2. The quantitative estimate of drug-likeness (QED) is 0.330. The van der Waals surface area contributed by atoms with Gasteiger partial charge in [0.15, 0.2) is 11.5 Å². The molecule has 6 rings (SSSR count). The number of amides is 3. The van der Waals surface area contributed by atoms with Gasteiger partial charge in [-0.15, -0.1) is 0 Å². The number of hydrogen-bond acceptors (Lipinski definition) is 5. The summed E-state index contributed by atoms with van der Waals surface area (Å²) in [6.45, 7) is 0. The highest BCUT2D eigenvalue weighted by atomic mass is 35.5. The van der Waals surface area contributed by atoms with Gasteiger partial charge >= 0.3 is 0 Å². The van der Waals surface area contributed by atoms with Gasteiger partial charge in [-0.3, -0.25) is 14.4 Å². The van der Waals surface area contributed by atoms with Crippen LogP contribution in [-0.2, 0) is 26.3 Å². The monoisotopic (exact) mass is 490 g/mol. The van der Waals surface area contributed by atoms with Crippen LogP contribution in [0.2, 0.25) is 5.02 Å². The van der Waals surface area contributed by atoms with E-state index in [-0.39, 0.29) is 23.3 Å². The van der Waals surface area contributed by atoms with Gasteiger partial charge in [0.25, 0.3) is 5.91 Å². The van der Waals surface area contributed by atoms with E-state index in [0.717, 1.165) is 4.90 Å². The van der Waals surface area contributed by atoms with Crippen LogP contribution in [0, 0.1) is 11.8 Å². The molecule has 4 atom stereocenters. The fraction of sp³-hybridized carbons (Fsp3) is 0.192.